The highest BCUT2D eigenvalue weighted by Gasteiger charge is 2.11. The van der Waals surface area contributed by atoms with Gasteiger partial charge in [-0.15, -0.1) is 11.3 Å². The van der Waals surface area contributed by atoms with Crippen LogP contribution in [0.15, 0.2) is 24.3 Å². The van der Waals surface area contributed by atoms with Crippen molar-refractivity contribution in [2.24, 2.45) is 0 Å². The zero-order valence-electron chi connectivity index (χ0n) is 10.4. The van der Waals surface area contributed by atoms with Crippen LogP contribution in [0.1, 0.15) is 22.6 Å². The summed E-state index contributed by atoms with van der Waals surface area (Å²) in [6.45, 7) is 4.06. The third kappa shape index (κ3) is 2.76. The molecule has 0 aliphatic heterocycles. The molecular weight excluding hydrogens is 246 g/mol. The maximum absolute atomic E-state index is 10.6. The molecule has 0 saturated carbocycles. The predicted molar refractivity (Wildman–Crippen MR) is 73.0 cm³/mol. The zero-order chi connectivity index (χ0) is 13.1. The molecule has 0 fully saturated rings. The second-order valence-electron chi connectivity index (χ2n) is 4.23. The van der Waals surface area contributed by atoms with E-state index in [4.69, 9.17) is 5.11 Å². The van der Waals surface area contributed by atoms with Gasteiger partial charge in [0.1, 0.15) is 5.01 Å². The van der Waals surface area contributed by atoms with Crippen molar-refractivity contribution in [3.05, 3.63) is 40.4 Å². The lowest BCUT2D eigenvalue weighted by Gasteiger charge is -2.00. The molecule has 3 nitrogen and oxygen atoms in total. The lowest BCUT2D eigenvalue weighted by Crippen LogP contribution is -1.98. The normalized spacial score (nSPS) is 10.6. The Bertz CT molecular complexity index is 575. The molecule has 2 rings (SSSR count). The van der Waals surface area contributed by atoms with Crippen molar-refractivity contribution in [1.29, 1.82) is 0 Å². The number of nitrogens with zero attached hydrogens (tertiary/aromatic N) is 1. The van der Waals surface area contributed by atoms with Gasteiger partial charge in [0.2, 0.25) is 0 Å². The molecular formula is C14H15NO2S. The van der Waals surface area contributed by atoms with Crippen molar-refractivity contribution in [2.45, 2.75) is 26.7 Å². The van der Waals surface area contributed by atoms with E-state index < -0.39 is 5.97 Å². The number of carboxylic acid groups (broad SMARTS) is 1. The zero-order valence-corrected chi connectivity index (χ0v) is 11.3. The second kappa shape index (κ2) is 5.31. The van der Waals surface area contributed by atoms with Gasteiger partial charge in [0.05, 0.1) is 12.1 Å². The molecule has 0 amide bonds. The van der Waals surface area contributed by atoms with Crippen LogP contribution in [-0.4, -0.2) is 16.1 Å². The molecule has 1 N–H and O–H groups in total. The van der Waals surface area contributed by atoms with Gasteiger partial charge in [-0.05, 0) is 19.4 Å². The topological polar surface area (TPSA) is 50.2 Å². The van der Waals surface area contributed by atoms with Crippen molar-refractivity contribution in [3.63, 3.8) is 0 Å². The van der Waals surface area contributed by atoms with Crippen LogP contribution < -0.4 is 0 Å². The number of aliphatic carboxylic acids is 1. The predicted octanol–water partition coefficient (Wildman–Crippen LogP) is 3.44. The number of carbonyl (C=O) groups is 1. The molecule has 0 bridgehead atoms. The Balaban J connectivity index is 2.29. The molecule has 0 atom stereocenters. The molecule has 4 heteroatoms. The van der Waals surface area contributed by atoms with E-state index in [9.17, 15) is 4.79 Å². The van der Waals surface area contributed by atoms with Gasteiger partial charge in [-0.3, -0.25) is 4.79 Å². The van der Waals surface area contributed by atoms with Gasteiger partial charge in [-0.1, -0.05) is 24.3 Å². The Morgan fingerprint density at radius 3 is 2.72 bits per heavy atom. The highest BCUT2D eigenvalue weighted by Crippen LogP contribution is 2.30. The number of aromatic nitrogens is 1. The Kier molecular flexibility index (Phi) is 3.77. The minimum Gasteiger partial charge on any atom is -0.481 e. The van der Waals surface area contributed by atoms with Crippen LogP contribution in [0.4, 0.5) is 0 Å². The fourth-order valence-corrected chi connectivity index (χ4v) is 2.86. The van der Waals surface area contributed by atoms with Crippen LogP contribution in [0.2, 0.25) is 0 Å². The van der Waals surface area contributed by atoms with Crippen molar-refractivity contribution in [2.75, 3.05) is 0 Å². The fraction of sp³-hybridized carbons (Fsp3) is 0.286. The quantitative estimate of drug-likeness (QED) is 0.917. The standard InChI is InChI=1S/C14H15NO2S/c1-9-5-3-4-6-11(9)14-15-12(10(2)18-14)7-8-13(16)17/h3-6H,7-8H2,1-2H3,(H,16,17). The van der Waals surface area contributed by atoms with Gasteiger partial charge in [0, 0.05) is 16.9 Å². The van der Waals surface area contributed by atoms with Crippen LogP contribution in [0, 0.1) is 13.8 Å². The summed E-state index contributed by atoms with van der Waals surface area (Å²) >= 11 is 1.63. The van der Waals surface area contributed by atoms with Crippen LogP contribution in [0.5, 0.6) is 0 Å². The molecule has 0 saturated heterocycles. The third-order valence-corrected chi connectivity index (χ3v) is 3.89. The van der Waals surface area contributed by atoms with Crippen molar-refractivity contribution >= 4 is 17.3 Å². The van der Waals surface area contributed by atoms with Crippen molar-refractivity contribution in [3.8, 4) is 10.6 Å². The van der Waals surface area contributed by atoms with Crippen LogP contribution >= 0.6 is 11.3 Å². The Hall–Kier alpha value is -1.68. The minimum absolute atomic E-state index is 0.137. The van der Waals surface area contributed by atoms with Crippen LogP contribution in [0.3, 0.4) is 0 Å². The van der Waals surface area contributed by atoms with E-state index in [1.165, 1.54) is 5.56 Å². The van der Waals surface area contributed by atoms with Gasteiger partial charge < -0.3 is 5.11 Å². The highest BCUT2D eigenvalue weighted by molar-refractivity contribution is 7.15. The summed E-state index contributed by atoms with van der Waals surface area (Å²) in [4.78, 5) is 16.3. The molecule has 1 heterocycles. The molecule has 0 unspecified atom stereocenters. The van der Waals surface area contributed by atoms with Gasteiger partial charge in [-0.25, -0.2) is 4.98 Å². The molecule has 0 radical (unpaired) electrons. The number of carboxylic acids is 1. The largest absolute Gasteiger partial charge is 0.481 e. The third-order valence-electron chi connectivity index (χ3n) is 2.84. The van der Waals surface area contributed by atoms with E-state index in [2.05, 4.69) is 24.0 Å². The summed E-state index contributed by atoms with van der Waals surface area (Å²) in [5.41, 5.74) is 3.23. The molecule has 94 valence electrons. The first-order valence-electron chi connectivity index (χ1n) is 5.82. The average Bonchev–Trinajstić information content (AvgIpc) is 2.68. The SMILES string of the molecule is Cc1ccccc1-c1nc(CCC(=O)O)c(C)s1. The Morgan fingerprint density at radius 2 is 2.06 bits per heavy atom. The Morgan fingerprint density at radius 1 is 1.33 bits per heavy atom. The molecule has 18 heavy (non-hydrogen) atoms. The number of hydrogen-bond donors (Lipinski definition) is 1. The second-order valence-corrected chi connectivity index (χ2v) is 5.43. The number of benzene rings is 1. The van der Waals surface area contributed by atoms with Gasteiger partial charge in [-0.2, -0.15) is 0 Å². The van der Waals surface area contributed by atoms with Gasteiger partial charge in [0.25, 0.3) is 0 Å². The molecule has 0 spiro atoms. The van der Waals surface area contributed by atoms with Crippen molar-refractivity contribution < 1.29 is 9.90 Å². The molecule has 1 aromatic heterocycles. The maximum Gasteiger partial charge on any atom is 0.303 e. The molecule has 1 aromatic carbocycles. The molecule has 0 aliphatic rings. The summed E-state index contributed by atoms with van der Waals surface area (Å²) in [5, 5.41) is 9.69. The summed E-state index contributed by atoms with van der Waals surface area (Å²) in [6.07, 6.45) is 0.640. The van der Waals surface area contributed by atoms with E-state index >= 15 is 0 Å². The van der Waals surface area contributed by atoms with E-state index in [0.717, 1.165) is 21.1 Å². The first-order valence-corrected chi connectivity index (χ1v) is 6.63. The fourth-order valence-electron chi connectivity index (χ4n) is 1.81. The van der Waals surface area contributed by atoms with Crippen molar-refractivity contribution in [1.82, 2.24) is 4.98 Å². The van der Waals surface area contributed by atoms with E-state index in [1.54, 1.807) is 11.3 Å². The number of rotatable bonds is 4. The summed E-state index contributed by atoms with van der Waals surface area (Å²) in [6, 6.07) is 8.11. The summed E-state index contributed by atoms with van der Waals surface area (Å²) in [5.74, 6) is -0.778. The van der Waals surface area contributed by atoms with E-state index in [1.807, 2.05) is 19.1 Å². The summed E-state index contributed by atoms with van der Waals surface area (Å²) in [7, 11) is 0. The van der Waals surface area contributed by atoms with Gasteiger partial charge in [0.15, 0.2) is 0 Å². The highest BCUT2D eigenvalue weighted by atomic mass is 32.1. The van der Waals surface area contributed by atoms with Gasteiger partial charge >= 0.3 is 5.97 Å². The molecule has 0 aliphatic carbocycles. The number of aryl methyl sites for hydroxylation is 3. The number of thiazole rings is 1. The van der Waals surface area contributed by atoms with Crippen LogP contribution in [0.25, 0.3) is 10.6 Å². The lowest BCUT2D eigenvalue weighted by molar-refractivity contribution is -0.136. The average molecular weight is 261 g/mol. The number of hydrogen-bond acceptors (Lipinski definition) is 3. The molecule has 2 aromatic rings. The maximum atomic E-state index is 10.6. The minimum atomic E-state index is -0.778. The van der Waals surface area contributed by atoms with E-state index in [-0.39, 0.29) is 6.42 Å². The van der Waals surface area contributed by atoms with Crippen LogP contribution in [-0.2, 0) is 11.2 Å². The first-order chi connectivity index (χ1) is 8.58. The monoisotopic (exact) mass is 261 g/mol. The Labute approximate surface area is 110 Å². The first kappa shape index (κ1) is 12.8. The summed E-state index contributed by atoms with van der Waals surface area (Å²) < 4.78 is 0. The van der Waals surface area contributed by atoms with E-state index in [0.29, 0.717) is 6.42 Å². The lowest BCUT2D eigenvalue weighted by atomic mass is 10.1. The smallest absolute Gasteiger partial charge is 0.303 e.